The molecule has 2 N–H and O–H groups in total. The molecule has 30 heavy (non-hydrogen) atoms. The van der Waals surface area contributed by atoms with Crippen LogP contribution in [0.1, 0.15) is 35.3 Å². The number of thiophene rings is 1. The van der Waals surface area contributed by atoms with Gasteiger partial charge in [0.15, 0.2) is 10.2 Å². The van der Waals surface area contributed by atoms with Gasteiger partial charge in [-0.3, -0.25) is 5.43 Å². The van der Waals surface area contributed by atoms with Gasteiger partial charge < -0.3 is 10.2 Å². The van der Waals surface area contributed by atoms with Crippen molar-refractivity contribution in [2.24, 2.45) is 5.10 Å². The van der Waals surface area contributed by atoms with E-state index >= 15 is 0 Å². The number of thiazole rings is 1. The molecule has 3 aromatic rings. The Kier molecular flexibility index (Phi) is 6.76. The number of aryl methyl sites for hydroxylation is 2. The zero-order valence-electron chi connectivity index (χ0n) is 17.1. The van der Waals surface area contributed by atoms with E-state index in [0.29, 0.717) is 5.11 Å². The Morgan fingerprint density at radius 2 is 2.03 bits per heavy atom. The Morgan fingerprint density at radius 3 is 2.80 bits per heavy atom. The van der Waals surface area contributed by atoms with Gasteiger partial charge in [0.1, 0.15) is 5.69 Å². The van der Waals surface area contributed by atoms with Crippen molar-refractivity contribution < 1.29 is 0 Å². The number of nitrogens with one attached hydrogen (secondary N) is 2. The van der Waals surface area contributed by atoms with Gasteiger partial charge in [-0.15, -0.1) is 11.3 Å². The van der Waals surface area contributed by atoms with Gasteiger partial charge in [-0.05, 0) is 74.0 Å². The van der Waals surface area contributed by atoms with Crippen molar-refractivity contribution in [2.45, 2.75) is 33.1 Å². The van der Waals surface area contributed by atoms with E-state index in [-0.39, 0.29) is 0 Å². The van der Waals surface area contributed by atoms with Crippen LogP contribution >= 0.6 is 34.9 Å². The molecule has 0 unspecified atom stereocenters. The molecule has 8 heteroatoms. The fourth-order valence-corrected chi connectivity index (χ4v) is 5.35. The van der Waals surface area contributed by atoms with Crippen LogP contribution in [-0.4, -0.2) is 29.4 Å². The molecule has 0 saturated carbocycles. The molecule has 3 heterocycles. The first-order valence-corrected chi connectivity index (χ1v) is 12.2. The maximum atomic E-state index is 5.42. The monoisotopic (exact) mass is 455 g/mol. The van der Waals surface area contributed by atoms with Crippen LogP contribution in [0.15, 0.2) is 40.8 Å². The lowest BCUT2D eigenvalue weighted by atomic mass is 10.1. The first-order chi connectivity index (χ1) is 14.6. The minimum absolute atomic E-state index is 0.471. The highest BCUT2D eigenvalue weighted by Crippen LogP contribution is 2.35. The second-order valence-corrected chi connectivity index (χ2v) is 9.74. The largest absolute Gasteiger partial charge is 0.348 e. The van der Waals surface area contributed by atoms with Crippen molar-refractivity contribution in [3.63, 3.8) is 0 Å². The van der Waals surface area contributed by atoms with Gasteiger partial charge in [0.2, 0.25) is 0 Å². The molecule has 4 rings (SSSR count). The number of thiocarbonyl (C=S) groups is 1. The smallest absolute Gasteiger partial charge is 0.191 e. The molecule has 0 atom stereocenters. The molecule has 1 aromatic carbocycles. The first kappa shape index (κ1) is 21.0. The van der Waals surface area contributed by atoms with Gasteiger partial charge in [-0.1, -0.05) is 29.5 Å². The van der Waals surface area contributed by atoms with Gasteiger partial charge in [0.25, 0.3) is 0 Å². The number of hydrogen-bond acceptors (Lipinski definition) is 6. The van der Waals surface area contributed by atoms with Crippen molar-refractivity contribution in [3.8, 4) is 10.6 Å². The summed E-state index contributed by atoms with van der Waals surface area (Å²) in [5, 5.41) is 11.3. The third kappa shape index (κ3) is 5.06. The van der Waals surface area contributed by atoms with Crippen molar-refractivity contribution in [3.05, 3.63) is 51.7 Å². The minimum atomic E-state index is 0.471. The molecule has 0 bridgehead atoms. The molecule has 1 aliphatic rings. The van der Waals surface area contributed by atoms with Crippen LogP contribution in [0.3, 0.4) is 0 Å². The number of aromatic nitrogens is 1. The average molecular weight is 456 g/mol. The highest BCUT2D eigenvalue weighted by molar-refractivity contribution is 7.80. The number of rotatable bonds is 5. The Balaban J connectivity index is 1.48. The predicted molar refractivity (Wildman–Crippen MR) is 134 cm³/mol. The van der Waals surface area contributed by atoms with Crippen LogP contribution in [-0.2, 0) is 0 Å². The molecule has 0 aliphatic carbocycles. The van der Waals surface area contributed by atoms with E-state index in [1.54, 1.807) is 22.7 Å². The van der Waals surface area contributed by atoms with Gasteiger partial charge in [0, 0.05) is 18.8 Å². The summed E-state index contributed by atoms with van der Waals surface area (Å²) in [6.07, 6.45) is 5.61. The number of benzene rings is 1. The molecule has 0 radical (unpaired) electrons. The molecule has 1 aliphatic heterocycles. The van der Waals surface area contributed by atoms with Gasteiger partial charge in [-0.2, -0.15) is 5.10 Å². The molecule has 5 nitrogen and oxygen atoms in total. The van der Waals surface area contributed by atoms with E-state index in [4.69, 9.17) is 17.2 Å². The molecule has 156 valence electrons. The zero-order valence-corrected chi connectivity index (χ0v) is 19.6. The number of anilines is 2. The summed E-state index contributed by atoms with van der Waals surface area (Å²) in [5.41, 5.74) is 7.26. The van der Waals surface area contributed by atoms with Crippen LogP contribution in [0.5, 0.6) is 0 Å². The van der Waals surface area contributed by atoms with Gasteiger partial charge in [0.05, 0.1) is 16.0 Å². The third-order valence-corrected chi connectivity index (χ3v) is 7.13. The average Bonchev–Trinajstić information content (AvgIpc) is 3.41. The SMILES string of the molecule is Cc1ccc(C)c(NC(=S)N/N=C\c2sc(N3CCCCC3)nc2-c2cccs2)c1. The maximum Gasteiger partial charge on any atom is 0.191 e. The van der Waals surface area contributed by atoms with Crippen molar-refractivity contribution in [2.75, 3.05) is 23.3 Å². The van der Waals surface area contributed by atoms with Crippen molar-refractivity contribution in [1.82, 2.24) is 10.4 Å². The summed E-state index contributed by atoms with van der Waals surface area (Å²) in [6.45, 7) is 6.28. The van der Waals surface area contributed by atoms with Gasteiger partial charge >= 0.3 is 0 Å². The highest BCUT2D eigenvalue weighted by atomic mass is 32.1. The summed E-state index contributed by atoms with van der Waals surface area (Å²) < 4.78 is 0. The standard InChI is InChI=1S/C22H25N5S3/c1-15-8-9-16(2)17(13-15)24-21(28)26-23-14-19-20(18-7-6-12-29-18)25-22(30-19)27-10-4-3-5-11-27/h6-9,12-14H,3-5,10-11H2,1-2H3,(H2,24,26,28)/b23-14-. The van der Waals surface area contributed by atoms with Crippen LogP contribution in [0.25, 0.3) is 10.6 Å². The summed E-state index contributed by atoms with van der Waals surface area (Å²) in [4.78, 5) is 9.54. The zero-order chi connectivity index (χ0) is 20.9. The molecule has 1 fully saturated rings. The fraction of sp³-hybridized carbons (Fsp3) is 0.318. The van der Waals surface area contributed by atoms with Crippen LogP contribution < -0.4 is 15.6 Å². The molecular weight excluding hydrogens is 430 g/mol. The highest BCUT2D eigenvalue weighted by Gasteiger charge is 2.19. The maximum absolute atomic E-state index is 5.42. The van der Waals surface area contributed by atoms with Crippen LogP contribution in [0.4, 0.5) is 10.8 Å². The topological polar surface area (TPSA) is 52.6 Å². The lowest BCUT2D eigenvalue weighted by Gasteiger charge is -2.25. The summed E-state index contributed by atoms with van der Waals surface area (Å²) in [6, 6.07) is 10.4. The first-order valence-electron chi connectivity index (χ1n) is 10.1. The molecule has 0 spiro atoms. The number of hydrazone groups is 1. The number of nitrogens with zero attached hydrogens (tertiary/aromatic N) is 3. The third-order valence-electron chi connectivity index (χ3n) is 5.01. The molecular formula is C22H25N5S3. The van der Waals surface area contributed by atoms with E-state index in [0.717, 1.165) is 44.9 Å². The second-order valence-electron chi connectivity index (χ2n) is 7.38. The normalized spacial score (nSPS) is 14.3. The van der Waals surface area contributed by atoms with Crippen LogP contribution in [0, 0.1) is 13.8 Å². The van der Waals surface area contributed by atoms with E-state index in [9.17, 15) is 0 Å². The Morgan fingerprint density at radius 1 is 1.20 bits per heavy atom. The Labute approximate surface area is 190 Å². The second kappa shape index (κ2) is 9.68. The fourth-order valence-electron chi connectivity index (χ4n) is 3.39. The van der Waals surface area contributed by atoms with E-state index in [1.165, 1.54) is 24.8 Å². The van der Waals surface area contributed by atoms with E-state index in [1.807, 2.05) is 6.21 Å². The Bertz CT molecular complexity index is 1030. The predicted octanol–water partition coefficient (Wildman–Crippen LogP) is 5.80. The summed E-state index contributed by atoms with van der Waals surface area (Å²) in [5.74, 6) is 0. The number of piperidine rings is 1. The summed E-state index contributed by atoms with van der Waals surface area (Å²) >= 11 is 8.81. The lowest BCUT2D eigenvalue weighted by molar-refractivity contribution is 0.577. The molecule has 0 amide bonds. The lowest BCUT2D eigenvalue weighted by Crippen LogP contribution is -2.29. The summed E-state index contributed by atoms with van der Waals surface area (Å²) in [7, 11) is 0. The van der Waals surface area contributed by atoms with Crippen molar-refractivity contribution in [1.29, 1.82) is 0 Å². The van der Waals surface area contributed by atoms with Gasteiger partial charge in [-0.25, -0.2) is 4.98 Å². The quantitative estimate of drug-likeness (QED) is 0.289. The minimum Gasteiger partial charge on any atom is -0.348 e. The molecule has 1 saturated heterocycles. The van der Waals surface area contributed by atoms with E-state index in [2.05, 4.69) is 70.3 Å². The van der Waals surface area contributed by atoms with E-state index < -0.39 is 0 Å². The van der Waals surface area contributed by atoms with Crippen LogP contribution in [0.2, 0.25) is 0 Å². The van der Waals surface area contributed by atoms with Crippen molar-refractivity contribution >= 4 is 57.0 Å². The molecule has 2 aromatic heterocycles. The Hall–Kier alpha value is -2.29. The number of hydrogen-bond donors (Lipinski definition) is 2.